The summed E-state index contributed by atoms with van der Waals surface area (Å²) in [5, 5.41) is 0. The van der Waals surface area contributed by atoms with Crippen molar-refractivity contribution in [3.63, 3.8) is 0 Å². The van der Waals surface area contributed by atoms with Crippen LogP contribution in [0.25, 0.3) is 0 Å². The Hall–Kier alpha value is -1.18. The first-order chi connectivity index (χ1) is 5.74. The van der Waals surface area contributed by atoms with Gasteiger partial charge in [-0.25, -0.2) is 0 Å². The summed E-state index contributed by atoms with van der Waals surface area (Å²) in [7, 11) is 1.62. The van der Waals surface area contributed by atoms with Crippen LogP contribution < -0.4 is 10.5 Å². The van der Waals surface area contributed by atoms with Crippen molar-refractivity contribution in [2.24, 2.45) is 0 Å². The van der Waals surface area contributed by atoms with Gasteiger partial charge >= 0.3 is 0 Å². The summed E-state index contributed by atoms with van der Waals surface area (Å²) in [5.41, 5.74) is 6.19. The molecule has 1 aromatic rings. The number of benzene rings is 1. The molecule has 1 rings (SSSR count). The van der Waals surface area contributed by atoms with Crippen molar-refractivity contribution in [2.75, 3.05) is 12.8 Å². The van der Waals surface area contributed by atoms with Gasteiger partial charge in [-0.1, -0.05) is 26.3 Å². The lowest BCUT2D eigenvalue weighted by molar-refractivity contribution is 0.415. The van der Waals surface area contributed by atoms with Crippen molar-refractivity contribution in [2.45, 2.75) is 20.3 Å². The average molecular weight is 167 g/mol. The zero-order valence-corrected chi connectivity index (χ0v) is 8.00. The zero-order chi connectivity index (χ0) is 9.40. The van der Waals surface area contributed by atoms with Crippen LogP contribution in [-0.4, -0.2) is 7.11 Å². The van der Waals surface area contributed by atoms with Crippen LogP contribution in [0.3, 0.4) is 0 Å². The number of ether oxygens (including phenoxy) is 1. The Balaban J connectivity index is 0.000000354. The number of anilines is 1. The fraction of sp³-hybridized carbons (Fsp3) is 0.400. The molecule has 0 radical (unpaired) electrons. The summed E-state index contributed by atoms with van der Waals surface area (Å²) in [6.45, 7) is 4.25. The second-order valence-corrected chi connectivity index (χ2v) is 2.48. The Morgan fingerprint density at radius 1 is 1.33 bits per heavy atom. The van der Waals surface area contributed by atoms with Crippen LogP contribution in [-0.2, 0) is 0 Å². The predicted molar refractivity (Wildman–Crippen MR) is 53.4 cm³/mol. The van der Waals surface area contributed by atoms with Crippen molar-refractivity contribution in [3.05, 3.63) is 24.3 Å². The van der Waals surface area contributed by atoms with Gasteiger partial charge in [0.15, 0.2) is 0 Å². The van der Waals surface area contributed by atoms with E-state index in [9.17, 15) is 0 Å². The van der Waals surface area contributed by atoms with Gasteiger partial charge in [0.25, 0.3) is 0 Å². The topological polar surface area (TPSA) is 35.2 Å². The van der Waals surface area contributed by atoms with Crippen molar-refractivity contribution < 1.29 is 4.74 Å². The molecule has 2 N–H and O–H groups in total. The molecule has 0 heterocycles. The highest BCUT2D eigenvalue weighted by atomic mass is 16.5. The molecule has 0 spiro atoms. The van der Waals surface area contributed by atoms with E-state index in [-0.39, 0.29) is 0 Å². The monoisotopic (exact) mass is 167 g/mol. The molecule has 12 heavy (non-hydrogen) atoms. The summed E-state index contributed by atoms with van der Waals surface area (Å²) in [6, 6.07) is 7.31. The summed E-state index contributed by atoms with van der Waals surface area (Å²) < 4.78 is 4.92. The minimum absolute atomic E-state index is 0.731. The molecule has 0 saturated carbocycles. The van der Waals surface area contributed by atoms with E-state index in [0.29, 0.717) is 0 Å². The van der Waals surface area contributed by atoms with E-state index in [1.807, 2.05) is 18.2 Å². The molecule has 0 saturated heterocycles. The van der Waals surface area contributed by atoms with E-state index in [1.165, 1.54) is 6.42 Å². The molecule has 0 aromatic heterocycles. The average Bonchev–Trinajstić information content (AvgIpc) is 2.06. The lowest BCUT2D eigenvalue weighted by atomic mass is 10.3. The highest BCUT2D eigenvalue weighted by Gasteiger charge is 1.87. The molecule has 0 aliphatic rings. The Kier molecular flexibility index (Phi) is 5.88. The molecule has 1 aromatic carbocycles. The highest BCUT2D eigenvalue weighted by molar-refractivity contribution is 5.43. The Labute approximate surface area is 74.4 Å². The summed E-state index contributed by atoms with van der Waals surface area (Å²) in [4.78, 5) is 0. The first-order valence-corrected chi connectivity index (χ1v) is 4.14. The third-order valence-electron chi connectivity index (χ3n) is 1.09. The van der Waals surface area contributed by atoms with E-state index in [2.05, 4.69) is 13.8 Å². The van der Waals surface area contributed by atoms with Gasteiger partial charge in [-0.3, -0.25) is 0 Å². The maximum atomic E-state index is 5.45. The molecule has 0 fully saturated rings. The van der Waals surface area contributed by atoms with Gasteiger partial charge in [-0.05, 0) is 12.1 Å². The van der Waals surface area contributed by atoms with Gasteiger partial charge in [0.1, 0.15) is 5.75 Å². The minimum Gasteiger partial charge on any atom is -0.497 e. The Morgan fingerprint density at radius 3 is 2.25 bits per heavy atom. The highest BCUT2D eigenvalue weighted by Crippen LogP contribution is 2.12. The molecule has 68 valence electrons. The molecule has 0 unspecified atom stereocenters. The lowest BCUT2D eigenvalue weighted by Crippen LogP contribution is -1.86. The van der Waals surface area contributed by atoms with Gasteiger partial charge in [0.05, 0.1) is 7.11 Å². The van der Waals surface area contributed by atoms with Crippen LogP contribution in [0.2, 0.25) is 0 Å². The maximum Gasteiger partial charge on any atom is 0.120 e. The van der Waals surface area contributed by atoms with Crippen LogP contribution in [0.4, 0.5) is 5.69 Å². The maximum absolute atomic E-state index is 5.45. The van der Waals surface area contributed by atoms with E-state index in [0.717, 1.165) is 11.4 Å². The SMILES string of the molecule is CCC.COc1cccc(N)c1. The number of methoxy groups -OCH3 is 1. The number of hydrogen-bond donors (Lipinski definition) is 1. The van der Waals surface area contributed by atoms with E-state index >= 15 is 0 Å². The summed E-state index contributed by atoms with van der Waals surface area (Å²) in [6.07, 6.45) is 1.25. The van der Waals surface area contributed by atoms with E-state index < -0.39 is 0 Å². The first-order valence-electron chi connectivity index (χ1n) is 4.14. The molecule has 0 aliphatic carbocycles. The standard InChI is InChI=1S/C7H9NO.C3H8/c1-9-7-4-2-3-6(8)5-7;1-3-2/h2-5H,8H2,1H3;3H2,1-2H3. The van der Waals surface area contributed by atoms with Gasteiger partial charge < -0.3 is 10.5 Å². The first kappa shape index (κ1) is 10.8. The molecule has 2 heteroatoms. The van der Waals surface area contributed by atoms with Gasteiger partial charge in [-0.15, -0.1) is 0 Å². The van der Waals surface area contributed by atoms with Crippen LogP contribution in [0.1, 0.15) is 20.3 Å². The summed E-state index contributed by atoms with van der Waals surface area (Å²) in [5.74, 6) is 0.801. The second kappa shape index (κ2) is 6.53. The Morgan fingerprint density at radius 2 is 1.92 bits per heavy atom. The summed E-state index contributed by atoms with van der Waals surface area (Å²) >= 11 is 0. The fourth-order valence-corrected chi connectivity index (χ4v) is 0.642. The molecule has 0 atom stereocenters. The molecule has 2 nitrogen and oxygen atoms in total. The molecule has 0 bridgehead atoms. The normalized spacial score (nSPS) is 8.25. The van der Waals surface area contributed by atoms with Crippen molar-refractivity contribution in [3.8, 4) is 5.75 Å². The fourth-order valence-electron chi connectivity index (χ4n) is 0.642. The third kappa shape index (κ3) is 4.61. The number of hydrogen-bond acceptors (Lipinski definition) is 2. The smallest absolute Gasteiger partial charge is 0.120 e. The predicted octanol–water partition coefficient (Wildman–Crippen LogP) is 2.69. The molecular formula is C10H17NO. The van der Waals surface area contributed by atoms with Crippen molar-refractivity contribution in [1.29, 1.82) is 0 Å². The molecule has 0 aliphatic heterocycles. The van der Waals surface area contributed by atoms with Crippen molar-refractivity contribution in [1.82, 2.24) is 0 Å². The largest absolute Gasteiger partial charge is 0.497 e. The van der Waals surface area contributed by atoms with Gasteiger partial charge in [0, 0.05) is 11.8 Å². The van der Waals surface area contributed by atoms with Gasteiger partial charge in [0.2, 0.25) is 0 Å². The van der Waals surface area contributed by atoms with E-state index in [1.54, 1.807) is 13.2 Å². The van der Waals surface area contributed by atoms with Crippen LogP contribution in [0.15, 0.2) is 24.3 Å². The second-order valence-electron chi connectivity index (χ2n) is 2.48. The lowest BCUT2D eigenvalue weighted by Gasteiger charge is -1.97. The van der Waals surface area contributed by atoms with Gasteiger partial charge in [-0.2, -0.15) is 0 Å². The third-order valence-corrected chi connectivity index (χ3v) is 1.09. The number of nitrogen functional groups attached to an aromatic ring is 1. The number of rotatable bonds is 1. The molecular weight excluding hydrogens is 150 g/mol. The van der Waals surface area contributed by atoms with Crippen LogP contribution in [0.5, 0.6) is 5.75 Å². The Bertz CT molecular complexity index is 211. The minimum atomic E-state index is 0.731. The molecule has 0 amide bonds. The van der Waals surface area contributed by atoms with E-state index in [4.69, 9.17) is 10.5 Å². The number of nitrogens with two attached hydrogens (primary N) is 1. The zero-order valence-electron chi connectivity index (χ0n) is 8.00. The van der Waals surface area contributed by atoms with Crippen molar-refractivity contribution >= 4 is 5.69 Å². The van der Waals surface area contributed by atoms with Crippen LogP contribution in [0, 0.1) is 0 Å². The quantitative estimate of drug-likeness (QED) is 0.653. The van der Waals surface area contributed by atoms with Crippen LogP contribution >= 0.6 is 0 Å².